The summed E-state index contributed by atoms with van der Waals surface area (Å²) in [5.74, 6) is -0.944. The van der Waals surface area contributed by atoms with Crippen molar-refractivity contribution in [2.24, 2.45) is 0 Å². The molecule has 0 spiro atoms. The van der Waals surface area contributed by atoms with Crippen molar-refractivity contribution < 1.29 is 27.6 Å². The summed E-state index contributed by atoms with van der Waals surface area (Å²) in [5, 5.41) is 1.82. The van der Waals surface area contributed by atoms with Gasteiger partial charge in [0.1, 0.15) is 4.75 Å². The molecule has 2 amide bonds. The van der Waals surface area contributed by atoms with Crippen molar-refractivity contribution in [1.82, 2.24) is 10.4 Å². The normalized spacial score (nSPS) is 25.4. The van der Waals surface area contributed by atoms with Crippen LogP contribution in [0.15, 0.2) is 33.4 Å². The van der Waals surface area contributed by atoms with E-state index in [0.717, 1.165) is 16.6 Å². The molecular weight excluding hydrogens is 552 g/mol. The van der Waals surface area contributed by atoms with Gasteiger partial charge in [0.05, 0.1) is 20.8 Å². The van der Waals surface area contributed by atoms with Gasteiger partial charge in [0, 0.05) is 31.0 Å². The van der Waals surface area contributed by atoms with Crippen molar-refractivity contribution in [3.05, 3.63) is 43.2 Å². The molecule has 2 atom stereocenters. The number of halogens is 1. The number of sulfone groups is 1. The van der Waals surface area contributed by atoms with Crippen LogP contribution in [-0.4, -0.2) is 56.9 Å². The summed E-state index contributed by atoms with van der Waals surface area (Å²) in [6.45, 7) is 0.878. The largest absolute Gasteiger partial charge is 0.350 e. The average molecular weight is 578 g/mol. The molecule has 2 fully saturated rings. The van der Waals surface area contributed by atoms with E-state index in [4.69, 9.17) is 9.57 Å². The number of amides is 2. The maximum atomic E-state index is 13.6. The lowest BCUT2D eigenvalue weighted by molar-refractivity contribution is -0.200. The first-order valence-corrected chi connectivity index (χ1v) is 14.8. The summed E-state index contributed by atoms with van der Waals surface area (Å²) in [6.07, 6.45) is 1.85. The summed E-state index contributed by atoms with van der Waals surface area (Å²) in [4.78, 5) is 33.9. The third kappa shape index (κ3) is 5.51. The molecule has 33 heavy (non-hydrogen) atoms. The number of nitrogens with one attached hydrogen (secondary N) is 1. The number of rotatable bonds is 6. The molecule has 2 aromatic rings. The second-order valence-corrected chi connectivity index (χ2v) is 13.9. The van der Waals surface area contributed by atoms with Gasteiger partial charge in [0.25, 0.3) is 5.91 Å². The summed E-state index contributed by atoms with van der Waals surface area (Å²) in [7, 11) is -3.78. The topological polar surface area (TPSA) is 102 Å². The Hall–Kier alpha value is -1.31. The third-order valence-corrected chi connectivity index (χ3v) is 11.2. The van der Waals surface area contributed by atoms with Gasteiger partial charge >= 0.3 is 0 Å². The monoisotopic (exact) mass is 576 g/mol. The summed E-state index contributed by atoms with van der Waals surface area (Å²) < 4.78 is 32.1. The fourth-order valence-electron chi connectivity index (χ4n) is 4.12. The van der Waals surface area contributed by atoms with E-state index in [1.807, 2.05) is 5.38 Å². The van der Waals surface area contributed by atoms with Gasteiger partial charge in [-0.15, -0.1) is 22.7 Å². The zero-order valence-corrected chi connectivity index (χ0v) is 21.9. The first kappa shape index (κ1) is 24.8. The van der Waals surface area contributed by atoms with Crippen molar-refractivity contribution in [3.63, 3.8) is 0 Å². The molecule has 2 aliphatic heterocycles. The SMILES string of the molecule is O=C(C[C@]1(c2ccc(Br)s2)CCN(C(=O)c2cccs2)CCS1(=O)=O)NOC1CCCCO1. The number of carbonyl (C=O) groups excluding carboxylic acids is 2. The van der Waals surface area contributed by atoms with E-state index >= 15 is 0 Å². The molecule has 1 unspecified atom stereocenters. The van der Waals surface area contributed by atoms with Crippen LogP contribution in [0.5, 0.6) is 0 Å². The lowest BCUT2D eigenvalue weighted by Gasteiger charge is -2.31. The van der Waals surface area contributed by atoms with Crippen molar-refractivity contribution in [1.29, 1.82) is 0 Å². The van der Waals surface area contributed by atoms with Gasteiger partial charge in [0.15, 0.2) is 16.1 Å². The smallest absolute Gasteiger partial charge is 0.263 e. The van der Waals surface area contributed by atoms with Crippen LogP contribution >= 0.6 is 38.6 Å². The standard InChI is InChI=1S/C21H25BrN2O6S3/c22-17-7-6-16(32-17)21(14-18(25)23-30-19-5-1-2-11-29-19)8-9-24(10-13-33(21,27)28)20(26)15-4-3-12-31-15/h3-4,6-7,12,19H,1-2,5,8-11,13-14H2,(H,23,25)/t19?,21-/m0/s1. The van der Waals surface area contributed by atoms with Crippen molar-refractivity contribution in [3.8, 4) is 0 Å². The molecule has 0 radical (unpaired) electrons. The van der Waals surface area contributed by atoms with Crippen LogP contribution in [0.3, 0.4) is 0 Å². The number of carbonyl (C=O) groups is 2. The molecule has 0 bridgehead atoms. The van der Waals surface area contributed by atoms with Crippen LogP contribution in [0.25, 0.3) is 0 Å². The highest BCUT2D eigenvalue weighted by Crippen LogP contribution is 2.44. The molecule has 4 heterocycles. The van der Waals surface area contributed by atoms with Gasteiger partial charge in [-0.1, -0.05) is 6.07 Å². The molecule has 2 aliphatic rings. The molecule has 0 aliphatic carbocycles. The zero-order chi connectivity index (χ0) is 23.5. The number of hydrogen-bond donors (Lipinski definition) is 1. The second kappa shape index (κ2) is 10.5. The summed E-state index contributed by atoms with van der Waals surface area (Å²) >= 11 is 6.02. The molecular formula is C21H25BrN2O6S3. The van der Waals surface area contributed by atoms with Gasteiger partial charge in [-0.3, -0.25) is 9.59 Å². The van der Waals surface area contributed by atoms with Gasteiger partial charge in [-0.05, 0) is 58.8 Å². The van der Waals surface area contributed by atoms with Gasteiger partial charge < -0.3 is 9.64 Å². The number of hydroxylamine groups is 1. The van der Waals surface area contributed by atoms with E-state index in [9.17, 15) is 18.0 Å². The van der Waals surface area contributed by atoms with Crippen LogP contribution in [0, 0.1) is 0 Å². The Morgan fingerprint density at radius 2 is 2.12 bits per heavy atom. The summed E-state index contributed by atoms with van der Waals surface area (Å²) in [5.41, 5.74) is 2.40. The summed E-state index contributed by atoms with van der Waals surface area (Å²) in [6, 6.07) is 7.04. The molecule has 4 rings (SSSR count). The first-order valence-electron chi connectivity index (χ1n) is 10.7. The Morgan fingerprint density at radius 1 is 1.27 bits per heavy atom. The average Bonchev–Trinajstić information content (AvgIpc) is 3.47. The fourth-order valence-corrected chi connectivity index (χ4v) is 8.79. The highest BCUT2D eigenvalue weighted by Gasteiger charge is 2.50. The molecule has 0 saturated carbocycles. The van der Waals surface area contributed by atoms with Crippen molar-refractivity contribution in [2.45, 2.75) is 43.1 Å². The Labute approximate surface area is 209 Å². The lowest BCUT2D eigenvalue weighted by Crippen LogP contribution is -2.43. The number of ether oxygens (including phenoxy) is 1. The molecule has 180 valence electrons. The highest BCUT2D eigenvalue weighted by atomic mass is 79.9. The minimum absolute atomic E-state index is 0.0847. The molecule has 1 N–H and O–H groups in total. The first-order chi connectivity index (χ1) is 15.8. The van der Waals surface area contributed by atoms with Crippen molar-refractivity contribution >= 4 is 60.3 Å². The van der Waals surface area contributed by atoms with Crippen LogP contribution in [0.4, 0.5) is 0 Å². The Balaban J connectivity index is 1.57. The van der Waals surface area contributed by atoms with E-state index in [2.05, 4.69) is 21.4 Å². The minimum atomic E-state index is -3.78. The Bertz CT molecular complexity index is 1080. The van der Waals surface area contributed by atoms with Gasteiger partial charge in [0.2, 0.25) is 5.91 Å². The van der Waals surface area contributed by atoms with E-state index in [0.29, 0.717) is 22.8 Å². The third-order valence-electron chi connectivity index (χ3n) is 5.94. The minimum Gasteiger partial charge on any atom is -0.350 e. The lowest BCUT2D eigenvalue weighted by atomic mass is 9.97. The van der Waals surface area contributed by atoms with E-state index in [-0.39, 0.29) is 37.6 Å². The zero-order valence-electron chi connectivity index (χ0n) is 17.8. The predicted molar refractivity (Wildman–Crippen MR) is 130 cm³/mol. The molecule has 2 saturated heterocycles. The number of hydrogen-bond acceptors (Lipinski definition) is 8. The van der Waals surface area contributed by atoms with Crippen LogP contribution in [0.2, 0.25) is 0 Å². The van der Waals surface area contributed by atoms with E-state index in [1.165, 1.54) is 22.7 Å². The van der Waals surface area contributed by atoms with Crippen LogP contribution in [0.1, 0.15) is 46.7 Å². The van der Waals surface area contributed by atoms with Crippen molar-refractivity contribution in [2.75, 3.05) is 25.4 Å². The van der Waals surface area contributed by atoms with Gasteiger partial charge in [-0.25, -0.2) is 18.7 Å². The quantitative estimate of drug-likeness (QED) is 0.526. The van der Waals surface area contributed by atoms with E-state index < -0.39 is 26.8 Å². The molecule has 8 nitrogen and oxygen atoms in total. The second-order valence-electron chi connectivity index (χ2n) is 8.05. The molecule has 0 aromatic carbocycles. The maximum absolute atomic E-state index is 13.6. The highest BCUT2D eigenvalue weighted by molar-refractivity contribution is 9.11. The molecule has 12 heteroatoms. The van der Waals surface area contributed by atoms with Gasteiger partial charge in [-0.2, -0.15) is 0 Å². The number of nitrogens with zero attached hydrogens (tertiary/aromatic N) is 1. The Morgan fingerprint density at radius 3 is 2.79 bits per heavy atom. The van der Waals surface area contributed by atoms with Crippen LogP contribution in [-0.2, 0) is 29.0 Å². The predicted octanol–water partition coefficient (Wildman–Crippen LogP) is 3.69. The maximum Gasteiger partial charge on any atom is 0.263 e. The molecule has 2 aromatic heterocycles. The Kier molecular flexibility index (Phi) is 7.91. The number of thiophene rings is 2. The fraction of sp³-hybridized carbons (Fsp3) is 0.524. The van der Waals surface area contributed by atoms with Crippen LogP contribution < -0.4 is 5.48 Å². The van der Waals surface area contributed by atoms with E-state index in [1.54, 1.807) is 29.2 Å².